The maximum atomic E-state index is 12.7. The minimum absolute atomic E-state index is 0.144. The van der Waals surface area contributed by atoms with E-state index in [0.29, 0.717) is 5.69 Å². The van der Waals surface area contributed by atoms with Crippen LogP contribution in [0.5, 0.6) is 0 Å². The molecule has 2 fully saturated rings. The lowest BCUT2D eigenvalue weighted by Gasteiger charge is -2.18. The summed E-state index contributed by atoms with van der Waals surface area (Å²) in [5.74, 6) is -1.01. The van der Waals surface area contributed by atoms with E-state index in [0.717, 1.165) is 11.1 Å². The molecule has 0 aliphatic carbocycles. The molecule has 0 N–H and O–H groups in total. The van der Waals surface area contributed by atoms with Gasteiger partial charge in [0.15, 0.2) is 0 Å². The molecule has 0 spiro atoms. The van der Waals surface area contributed by atoms with Crippen LogP contribution in [0, 0.1) is 11.8 Å². The van der Waals surface area contributed by atoms with Crippen molar-refractivity contribution in [2.75, 3.05) is 4.90 Å². The Morgan fingerprint density at radius 2 is 1.25 bits per heavy atom. The summed E-state index contributed by atoms with van der Waals surface area (Å²) in [5.41, 5.74) is 2.80. The molecule has 2 bridgehead atoms. The van der Waals surface area contributed by atoms with E-state index in [4.69, 9.17) is 4.74 Å². The zero-order chi connectivity index (χ0) is 16.3. The molecule has 3 aliphatic rings. The smallest absolute Gasteiger partial charge is 0.240 e. The Morgan fingerprint density at radius 1 is 0.708 bits per heavy atom. The Morgan fingerprint density at radius 3 is 1.83 bits per heavy atom. The fourth-order valence-corrected chi connectivity index (χ4v) is 3.99. The van der Waals surface area contributed by atoms with Crippen molar-refractivity contribution in [3.63, 3.8) is 0 Å². The Kier molecular flexibility index (Phi) is 2.79. The number of fused-ring (bicyclic) bond motifs is 5. The van der Waals surface area contributed by atoms with Crippen LogP contribution in [0.4, 0.5) is 5.69 Å². The number of rotatable bonds is 2. The first-order chi connectivity index (χ1) is 11.7. The van der Waals surface area contributed by atoms with Crippen molar-refractivity contribution in [2.24, 2.45) is 11.8 Å². The third kappa shape index (κ3) is 1.77. The summed E-state index contributed by atoms with van der Waals surface area (Å²) >= 11 is 0. The standard InChI is InChI=1S/C20H15NO3/c22-19-17-15-10-11-16(24-15)18(17)20(23)21(19)14-8-6-13(7-9-14)12-4-2-1-3-5-12/h1-11,15-18H/t15-,16-,17+,18+/m1/s1. The molecule has 24 heavy (non-hydrogen) atoms. The van der Waals surface area contributed by atoms with Crippen LogP contribution in [0.3, 0.4) is 0 Å². The zero-order valence-electron chi connectivity index (χ0n) is 12.8. The highest BCUT2D eigenvalue weighted by atomic mass is 16.5. The average Bonchev–Trinajstić information content (AvgIpc) is 3.30. The fraction of sp³-hybridized carbons (Fsp3) is 0.200. The molecule has 2 aromatic rings. The molecule has 4 nitrogen and oxygen atoms in total. The number of amides is 2. The van der Waals surface area contributed by atoms with E-state index in [-0.39, 0.29) is 35.9 Å². The number of nitrogens with zero attached hydrogens (tertiary/aromatic N) is 1. The van der Waals surface area contributed by atoms with Gasteiger partial charge in [-0.2, -0.15) is 0 Å². The van der Waals surface area contributed by atoms with Gasteiger partial charge in [0.2, 0.25) is 11.8 Å². The van der Waals surface area contributed by atoms with Gasteiger partial charge in [0.25, 0.3) is 0 Å². The molecule has 3 aliphatic heterocycles. The summed E-state index contributed by atoms with van der Waals surface area (Å²) in [7, 11) is 0. The first-order valence-electron chi connectivity index (χ1n) is 8.11. The van der Waals surface area contributed by atoms with Gasteiger partial charge in [-0.3, -0.25) is 9.59 Å². The van der Waals surface area contributed by atoms with Crippen LogP contribution < -0.4 is 4.90 Å². The number of carbonyl (C=O) groups is 2. The van der Waals surface area contributed by atoms with E-state index in [1.807, 2.05) is 66.7 Å². The molecule has 2 amide bonds. The minimum atomic E-state index is -0.360. The van der Waals surface area contributed by atoms with Gasteiger partial charge in [0, 0.05) is 0 Å². The lowest BCUT2D eigenvalue weighted by molar-refractivity contribution is -0.124. The lowest BCUT2D eigenvalue weighted by atomic mass is 9.85. The van der Waals surface area contributed by atoms with Crippen molar-refractivity contribution in [1.82, 2.24) is 0 Å². The molecule has 0 unspecified atom stereocenters. The molecule has 2 aromatic carbocycles. The van der Waals surface area contributed by atoms with Gasteiger partial charge in [-0.25, -0.2) is 4.90 Å². The number of anilines is 1. The third-order valence-corrected chi connectivity index (χ3v) is 5.14. The average molecular weight is 317 g/mol. The molecular weight excluding hydrogens is 302 g/mol. The Bertz CT molecular complexity index is 826. The van der Waals surface area contributed by atoms with Gasteiger partial charge >= 0.3 is 0 Å². The first kappa shape index (κ1) is 13.7. The summed E-state index contributed by atoms with van der Waals surface area (Å²) in [6, 6.07) is 17.6. The fourth-order valence-electron chi connectivity index (χ4n) is 3.99. The minimum Gasteiger partial charge on any atom is -0.365 e. The number of imide groups is 1. The normalized spacial score (nSPS) is 30.2. The molecule has 0 radical (unpaired) electrons. The van der Waals surface area contributed by atoms with Crippen molar-refractivity contribution in [1.29, 1.82) is 0 Å². The predicted octanol–water partition coefficient (Wildman–Crippen LogP) is 2.80. The van der Waals surface area contributed by atoms with Gasteiger partial charge in [0.1, 0.15) is 0 Å². The largest absolute Gasteiger partial charge is 0.365 e. The quantitative estimate of drug-likeness (QED) is 0.632. The second-order valence-corrected chi connectivity index (χ2v) is 6.43. The van der Waals surface area contributed by atoms with Crippen molar-refractivity contribution in [2.45, 2.75) is 12.2 Å². The number of hydrogen-bond donors (Lipinski definition) is 0. The third-order valence-electron chi connectivity index (χ3n) is 5.14. The van der Waals surface area contributed by atoms with E-state index in [9.17, 15) is 9.59 Å². The first-order valence-corrected chi connectivity index (χ1v) is 8.11. The van der Waals surface area contributed by atoms with Crippen LogP contribution in [-0.2, 0) is 14.3 Å². The SMILES string of the molecule is O=C1[C@@H]2[C@@H](C(=O)N1c1ccc(-c3ccccc3)cc1)[C@H]1C=C[C@H]2O1. The van der Waals surface area contributed by atoms with Crippen molar-refractivity contribution in [3.8, 4) is 11.1 Å². The van der Waals surface area contributed by atoms with Crippen LogP contribution in [-0.4, -0.2) is 24.0 Å². The second kappa shape index (κ2) is 4.89. The highest BCUT2D eigenvalue weighted by molar-refractivity contribution is 6.23. The molecule has 3 heterocycles. The van der Waals surface area contributed by atoms with E-state index >= 15 is 0 Å². The van der Waals surface area contributed by atoms with Gasteiger partial charge in [0.05, 0.1) is 29.7 Å². The van der Waals surface area contributed by atoms with Gasteiger partial charge < -0.3 is 4.74 Å². The van der Waals surface area contributed by atoms with E-state index in [2.05, 4.69) is 0 Å². The highest BCUT2D eigenvalue weighted by Crippen LogP contribution is 2.46. The topological polar surface area (TPSA) is 46.6 Å². The zero-order valence-corrected chi connectivity index (χ0v) is 12.8. The van der Waals surface area contributed by atoms with Gasteiger partial charge in [-0.1, -0.05) is 54.6 Å². The maximum absolute atomic E-state index is 12.7. The van der Waals surface area contributed by atoms with Gasteiger partial charge in [-0.15, -0.1) is 0 Å². The number of ether oxygens (including phenoxy) is 1. The molecule has 2 saturated heterocycles. The van der Waals surface area contributed by atoms with E-state index in [1.54, 1.807) is 0 Å². The summed E-state index contributed by atoms with van der Waals surface area (Å²) in [5, 5.41) is 0. The Labute approximate surface area is 139 Å². The van der Waals surface area contributed by atoms with Crippen LogP contribution in [0.15, 0.2) is 66.7 Å². The van der Waals surface area contributed by atoms with Crippen molar-refractivity contribution in [3.05, 3.63) is 66.7 Å². The summed E-state index contributed by atoms with van der Waals surface area (Å²) < 4.78 is 5.66. The lowest BCUT2D eigenvalue weighted by Crippen LogP contribution is -2.34. The van der Waals surface area contributed by atoms with Crippen molar-refractivity contribution < 1.29 is 14.3 Å². The van der Waals surface area contributed by atoms with Gasteiger partial charge in [-0.05, 0) is 23.3 Å². The number of benzene rings is 2. The van der Waals surface area contributed by atoms with Crippen LogP contribution >= 0.6 is 0 Å². The molecular formula is C20H15NO3. The summed E-state index contributed by atoms with van der Waals surface area (Å²) in [4.78, 5) is 26.8. The molecule has 0 saturated carbocycles. The second-order valence-electron chi connectivity index (χ2n) is 6.43. The maximum Gasteiger partial charge on any atom is 0.240 e. The highest BCUT2D eigenvalue weighted by Gasteiger charge is 2.60. The molecule has 4 heteroatoms. The molecule has 5 rings (SSSR count). The Balaban J connectivity index is 1.47. The van der Waals surface area contributed by atoms with Crippen LogP contribution in [0.25, 0.3) is 11.1 Å². The molecule has 0 aromatic heterocycles. The predicted molar refractivity (Wildman–Crippen MR) is 89.2 cm³/mol. The Hall–Kier alpha value is -2.72. The summed E-state index contributed by atoms with van der Waals surface area (Å²) in [6.07, 6.45) is 3.31. The summed E-state index contributed by atoms with van der Waals surface area (Å²) in [6.45, 7) is 0. The molecule has 118 valence electrons. The van der Waals surface area contributed by atoms with Crippen LogP contribution in [0.2, 0.25) is 0 Å². The van der Waals surface area contributed by atoms with E-state index < -0.39 is 0 Å². The van der Waals surface area contributed by atoms with E-state index in [1.165, 1.54) is 4.90 Å². The van der Waals surface area contributed by atoms with Crippen molar-refractivity contribution >= 4 is 17.5 Å². The molecule has 4 atom stereocenters. The monoisotopic (exact) mass is 317 g/mol. The van der Waals surface area contributed by atoms with Crippen LogP contribution in [0.1, 0.15) is 0 Å². The number of carbonyl (C=O) groups excluding carboxylic acids is 2. The number of hydrogen-bond acceptors (Lipinski definition) is 3.